The number of thiophene rings is 1. The second-order valence-electron chi connectivity index (χ2n) is 8.34. The molecular weight excluding hydrogens is 518 g/mol. The number of benzene rings is 1. The van der Waals surface area contributed by atoms with Crippen molar-refractivity contribution < 1.29 is 33.8 Å². The van der Waals surface area contributed by atoms with E-state index in [1.807, 2.05) is 0 Å². The lowest BCUT2D eigenvalue weighted by molar-refractivity contribution is -0.138. The van der Waals surface area contributed by atoms with Gasteiger partial charge < -0.3 is 25.4 Å². The second kappa shape index (κ2) is 12.7. The Hall–Kier alpha value is -3.38. The van der Waals surface area contributed by atoms with Crippen LogP contribution in [0, 0.1) is 0 Å². The Morgan fingerprint density at radius 1 is 1.19 bits per heavy atom. The number of thioether (sulfide) groups is 1. The minimum atomic E-state index is -1.05. The van der Waals surface area contributed by atoms with Crippen LogP contribution in [0.2, 0.25) is 0 Å². The van der Waals surface area contributed by atoms with Crippen molar-refractivity contribution in [2.75, 3.05) is 23.8 Å². The summed E-state index contributed by atoms with van der Waals surface area (Å²) in [7, 11) is 0. The molecule has 3 rings (SSSR count). The van der Waals surface area contributed by atoms with Gasteiger partial charge >= 0.3 is 11.9 Å². The molecule has 0 spiro atoms. The van der Waals surface area contributed by atoms with Crippen molar-refractivity contribution in [1.82, 2.24) is 4.90 Å². The highest BCUT2D eigenvalue weighted by atomic mass is 32.2. The lowest BCUT2D eigenvalue weighted by Gasteiger charge is -2.25. The van der Waals surface area contributed by atoms with Crippen LogP contribution in [-0.2, 0) is 36.9 Å². The van der Waals surface area contributed by atoms with Crippen molar-refractivity contribution in [2.24, 2.45) is 0 Å². The average molecular weight is 548 g/mol. The fourth-order valence-electron chi connectivity index (χ4n) is 3.74. The smallest absolute Gasteiger partial charge is 0.341 e. The number of aliphatic carboxylic acids is 1. The quantitative estimate of drug-likeness (QED) is 0.302. The summed E-state index contributed by atoms with van der Waals surface area (Å²) in [5, 5.41) is 14.1. The Balaban J connectivity index is 1.71. The highest BCUT2D eigenvalue weighted by Crippen LogP contribution is 2.38. The fourth-order valence-corrected chi connectivity index (χ4v) is 5.92. The summed E-state index contributed by atoms with van der Waals surface area (Å²) in [5.74, 6) is -2.32. The Morgan fingerprint density at radius 3 is 2.62 bits per heavy atom. The second-order valence-corrected chi connectivity index (χ2v) is 10.9. The number of nitrogens with one attached hydrogen (secondary N) is 2. The minimum absolute atomic E-state index is 0.0485. The maximum absolute atomic E-state index is 13.1. The first-order chi connectivity index (χ1) is 17.6. The molecule has 198 valence electrons. The molecule has 2 heterocycles. The van der Waals surface area contributed by atoms with Gasteiger partial charge in [-0.3, -0.25) is 19.2 Å². The van der Waals surface area contributed by atoms with E-state index in [1.54, 1.807) is 43.0 Å². The Labute approximate surface area is 222 Å². The Morgan fingerprint density at radius 2 is 1.95 bits per heavy atom. The Bertz CT molecular complexity index is 1210. The average Bonchev–Trinajstić information content (AvgIpc) is 3.20. The first-order valence-electron chi connectivity index (χ1n) is 11.7. The molecule has 37 heavy (non-hydrogen) atoms. The van der Waals surface area contributed by atoms with Gasteiger partial charge in [-0.05, 0) is 44.0 Å². The molecular formula is C25H29N3O7S2. The first kappa shape index (κ1) is 28.2. The first-order valence-corrected chi connectivity index (χ1v) is 13.4. The van der Waals surface area contributed by atoms with E-state index in [0.29, 0.717) is 35.8 Å². The van der Waals surface area contributed by atoms with Crippen molar-refractivity contribution in [3.8, 4) is 0 Å². The third-order valence-electron chi connectivity index (χ3n) is 5.58. The highest BCUT2D eigenvalue weighted by Gasteiger charge is 2.31. The molecule has 0 saturated carbocycles. The lowest BCUT2D eigenvalue weighted by Crippen LogP contribution is -2.34. The number of ether oxygens (including phenoxy) is 1. The molecule has 10 nitrogen and oxygen atoms in total. The number of hydrogen-bond donors (Lipinski definition) is 3. The van der Waals surface area contributed by atoms with Gasteiger partial charge in [0.2, 0.25) is 17.7 Å². The molecule has 0 radical (unpaired) electrons. The molecule has 0 saturated heterocycles. The summed E-state index contributed by atoms with van der Waals surface area (Å²) in [6.45, 7) is 6.02. The largest absolute Gasteiger partial charge is 0.481 e. The van der Waals surface area contributed by atoms with Crippen LogP contribution in [0.5, 0.6) is 0 Å². The van der Waals surface area contributed by atoms with Gasteiger partial charge in [-0.2, -0.15) is 0 Å². The highest BCUT2D eigenvalue weighted by molar-refractivity contribution is 8.00. The molecule has 12 heteroatoms. The summed E-state index contributed by atoms with van der Waals surface area (Å²) >= 11 is 2.55. The normalized spacial score (nSPS) is 13.3. The zero-order valence-corrected chi connectivity index (χ0v) is 22.4. The van der Waals surface area contributed by atoms with E-state index >= 15 is 0 Å². The van der Waals surface area contributed by atoms with Crippen LogP contribution < -0.4 is 10.6 Å². The number of fused-ring (bicyclic) bond motifs is 1. The number of amides is 3. The number of carbonyl (C=O) groups is 5. The van der Waals surface area contributed by atoms with Gasteiger partial charge in [-0.25, -0.2) is 4.79 Å². The molecule has 2 aromatic rings. The molecule has 3 amide bonds. The third-order valence-corrected chi connectivity index (χ3v) is 7.81. The molecule has 0 bridgehead atoms. The van der Waals surface area contributed by atoms with Crippen molar-refractivity contribution in [1.29, 1.82) is 0 Å². The van der Waals surface area contributed by atoms with Gasteiger partial charge in [0.25, 0.3) is 0 Å². The fraction of sp³-hybridized carbons (Fsp3) is 0.400. The predicted octanol–water partition coefficient (Wildman–Crippen LogP) is 3.75. The molecule has 3 N–H and O–H groups in total. The Kier molecular flexibility index (Phi) is 9.70. The number of nitrogens with zero attached hydrogens (tertiary/aromatic N) is 1. The van der Waals surface area contributed by atoms with Crippen LogP contribution in [0.25, 0.3) is 0 Å². The van der Waals surface area contributed by atoms with E-state index in [0.717, 1.165) is 15.3 Å². The SMILES string of the molecule is CCOC(=O)c1c(NC(=O)C(C)Sc2cccc(NC(=O)CCC(=O)O)c2)sc2c1CCN(C(C)=O)C2. The van der Waals surface area contributed by atoms with Gasteiger partial charge in [0.15, 0.2) is 0 Å². The number of esters is 1. The van der Waals surface area contributed by atoms with Crippen LogP contribution in [-0.4, -0.2) is 58.1 Å². The number of hydrogen-bond acceptors (Lipinski definition) is 8. The van der Waals surface area contributed by atoms with Crippen LogP contribution in [0.15, 0.2) is 29.2 Å². The van der Waals surface area contributed by atoms with Crippen molar-refractivity contribution in [3.63, 3.8) is 0 Å². The van der Waals surface area contributed by atoms with E-state index in [2.05, 4.69) is 10.6 Å². The summed E-state index contributed by atoms with van der Waals surface area (Å²) in [4.78, 5) is 63.5. The molecule has 1 aliphatic heterocycles. The van der Waals surface area contributed by atoms with E-state index in [4.69, 9.17) is 9.84 Å². The van der Waals surface area contributed by atoms with Crippen molar-refractivity contribution >= 4 is 63.4 Å². The summed E-state index contributed by atoms with van der Waals surface area (Å²) in [6.07, 6.45) is 0.109. The molecule has 0 fully saturated rings. The third kappa shape index (κ3) is 7.56. The number of anilines is 2. The van der Waals surface area contributed by atoms with Crippen LogP contribution >= 0.6 is 23.1 Å². The molecule has 1 unspecified atom stereocenters. The van der Waals surface area contributed by atoms with Crippen LogP contribution in [0.4, 0.5) is 10.7 Å². The summed E-state index contributed by atoms with van der Waals surface area (Å²) < 4.78 is 5.24. The summed E-state index contributed by atoms with van der Waals surface area (Å²) in [6, 6.07) is 6.91. The van der Waals surface area contributed by atoms with Crippen LogP contribution in [0.3, 0.4) is 0 Å². The van der Waals surface area contributed by atoms with Crippen LogP contribution in [0.1, 0.15) is 54.4 Å². The molecule has 0 aliphatic carbocycles. The lowest BCUT2D eigenvalue weighted by atomic mass is 10.0. The van der Waals surface area contributed by atoms with Gasteiger partial charge in [0, 0.05) is 35.3 Å². The minimum Gasteiger partial charge on any atom is -0.481 e. The molecule has 1 aromatic heterocycles. The topological polar surface area (TPSA) is 142 Å². The van der Waals surface area contributed by atoms with Gasteiger partial charge in [0.1, 0.15) is 5.00 Å². The standard InChI is InChI=1S/C25H29N3O7S2/c1-4-35-25(34)22-18-10-11-28(15(3)29)13-19(18)37-24(22)27-23(33)14(2)36-17-7-5-6-16(12-17)26-20(30)8-9-21(31)32/h5-7,12,14H,4,8-11,13H2,1-3H3,(H,26,30)(H,27,33)(H,31,32). The molecule has 1 atom stereocenters. The zero-order valence-electron chi connectivity index (χ0n) is 20.8. The number of carbonyl (C=O) groups excluding carboxylic acids is 4. The van der Waals surface area contributed by atoms with Crippen molar-refractivity contribution in [2.45, 2.75) is 56.7 Å². The van der Waals surface area contributed by atoms with E-state index in [-0.39, 0.29) is 31.3 Å². The van der Waals surface area contributed by atoms with Gasteiger partial charge in [-0.1, -0.05) is 6.07 Å². The number of carboxylic acid groups (broad SMARTS) is 1. The van der Waals surface area contributed by atoms with E-state index < -0.39 is 23.1 Å². The van der Waals surface area contributed by atoms with Gasteiger partial charge in [-0.15, -0.1) is 23.1 Å². The van der Waals surface area contributed by atoms with Gasteiger partial charge in [0.05, 0.1) is 30.4 Å². The number of rotatable bonds is 10. The van der Waals surface area contributed by atoms with Crippen molar-refractivity contribution in [3.05, 3.63) is 40.3 Å². The summed E-state index contributed by atoms with van der Waals surface area (Å²) in [5.41, 5.74) is 1.66. The predicted molar refractivity (Wildman–Crippen MR) is 141 cm³/mol. The molecule has 1 aliphatic rings. The maximum Gasteiger partial charge on any atom is 0.341 e. The monoisotopic (exact) mass is 547 g/mol. The zero-order chi connectivity index (χ0) is 27.1. The molecule has 1 aromatic carbocycles. The van der Waals surface area contributed by atoms with E-state index in [9.17, 15) is 24.0 Å². The van der Waals surface area contributed by atoms with E-state index in [1.165, 1.54) is 30.0 Å². The maximum atomic E-state index is 13.1. The number of carboxylic acids is 1.